The van der Waals surface area contributed by atoms with E-state index in [0.29, 0.717) is 16.9 Å². The maximum absolute atomic E-state index is 14.3. The number of hydrogen-bond donors (Lipinski definition) is 3. The van der Waals surface area contributed by atoms with Crippen LogP contribution in [0.5, 0.6) is 0 Å². The number of nitrogens with one attached hydrogen (secondary N) is 2. The van der Waals surface area contributed by atoms with Gasteiger partial charge in [0, 0.05) is 12.1 Å². The lowest BCUT2D eigenvalue weighted by Crippen LogP contribution is -2.35. The molecule has 4 N–H and O–H groups in total. The van der Waals surface area contributed by atoms with E-state index in [4.69, 9.17) is 5.73 Å². The minimum absolute atomic E-state index is 0.0773. The van der Waals surface area contributed by atoms with Gasteiger partial charge in [-0.05, 0) is 25.2 Å². The van der Waals surface area contributed by atoms with E-state index >= 15 is 0 Å². The van der Waals surface area contributed by atoms with E-state index in [1.54, 1.807) is 6.07 Å². The number of H-pyrrole nitrogens is 2. The molecule has 4 aromatic rings. The van der Waals surface area contributed by atoms with E-state index in [1.165, 1.54) is 12.1 Å². The highest BCUT2D eigenvalue weighted by Crippen LogP contribution is 2.30. The summed E-state index contributed by atoms with van der Waals surface area (Å²) in [4.78, 5) is 25.3. The zero-order valence-corrected chi connectivity index (χ0v) is 15.9. The second-order valence-corrected chi connectivity index (χ2v) is 7.33. The third-order valence-corrected chi connectivity index (χ3v) is 5.40. The van der Waals surface area contributed by atoms with Crippen LogP contribution in [-0.4, -0.2) is 57.3 Å². The lowest BCUT2D eigenvalue weighted by atomic mass is 10.1. The molecule has 0 atom stereocenters. The number of pyridine rings is 1. The predicted octanol–water partition coefficient (Wildman–Crippen LogP) is 2.45. The molecule has 0 radical (unpaired) electrons. The summed E-state index contributed by atoms with van der Waals surface area (Å²) in [6, 6.07) is 10.4. The Morgan fingerprint density at radius 1 is 1.21 bits per heavy atom. The van der Waals surface area contributed by atoms with Gasteiger partial charge in [0.2, 0.25) is 5.69 Å². The highest BCUT2D eigenvalue weighted by Gasteiger charge is 2.20. The highest BCUT2D eigenvalue weighted by atomic mass is 19.1. The fourth-order valence-corrected chi connectivity index (χ4v) is 3.80. The van der Waals surface area contributed by atoms with Gasteiger partial charge in [0.1, 0.15) is 17.2 Å². The Labute approximate surface area is 165 Å². The number of fused-ring (bicyclic) bond motifs is 2. The van der Waals surface area contributed by atoms with Crippen LogP contribution in [0.25, 0.3) is 33.3 Å². The summed E-state index contributed by atoms with van der Waals surface area (Å²) in [6.07, 6.45) is 2.15. The number of hydrogen-bond acceptors (Lipinski definition) is 4. The number of imidazole rings is 1. The molecular formula is C21H20FN6O+. The molecule has 146 valence electrons. The highest BCUT2D eigenvalue weighted by molar-refractivity contribution is 5.98. The normalized spacial score (nSPS) is 15.2. The van der Waals surface area contributed by atoms with Crippen molar-refractivity contribution in [3.63, 3.8) is 0 Å². The fraction of sp³-hybridized carbons (Fsp3) is 0.190. The molecule has 0 saturated heterocycles. The van der Waals surface area contributed by atoms with Gasteiger partial charge in [-0.2, -0.15) is 4.58 Å². The molecular weight excluding hydrogens is 371 g/mol. The number of aromatic amines is 2. The van der Waals surface area contributed by atoms with Gasteiger partial charge in [0.15, 0.2) is 12.8 Å². The number of likely N-dealkylation sites (N-methyl/N-ethyl adjacent to an activating group) is 1. The van der Waals surface area contributed by atoms with Crippen LogP contribution in [0.4, 0.5) is 15.8 Å². The van der Waals surface area contributed by atoms with Crippen molar-refractivity contribution in [1.29, 1.82) is 0 Å². The number of benzene rings is 2. The lowest BCUT2D eigenvalue weighted by molar-refractivity contribution is -0.442. The number of anilines is 1. The molecule has 0 aliphatic carbocycles. The molecule has 1 aliphatic rings. The second kappa shape index (κ2) is 6.52. The molecule has 7 nitrogen and oxygen atoms in total. The number of nitrogens with zero attached hydrogens (tertiary/aromatic N) is 3. The average Bonchev–Trinajstić information content (AvgIpc) is 3.11. The molecule has 29 heavy (non-hydrogen) atoms. The molecule has 3 heterocycles. The number of nitrogens with two attached hydrogens (primary N) is 1. The number of aromatic nitrogens is 3. The molecule has 1 aliphatic heterocycles. The zero-order valence-electron chi connectivity index (χ0n) is 15.9. The van der Waals surface area contributed by atoms with Crippen molar-refractivity contribution in [3.8, 4) is 11.4 Å². The van der Waals surface area contributed by atoms with E-state index in [2.05, 4.69) is 37.7 Å². The Balaban J connectivity index is 1.65. The molecule has 5 rings (SSSR count). The van der Waals surface area contributed by atoms with Crippen molar-refractivity contribution in [2.45, 2.75) is 0 Å². The minimum Gasteiger partial charge on any atom is -0.397 e. The van der Waals surface area contributed by atoms with Gasteiger partial charge >= 0.3 is 0 Å². The Kier molecular flexibility index (Phi) is 3.95. The predicted molar refractivity (Wildman–Crippen MR) is 112 cm³/mol. The Bertz CT molecular complexity index is 1350. The van der Waals surface area contributed by atoms with Crippen molar-refractivity contribution >= 4 is 39.5 Å². The maximum atomic E-state index is 14.3. The van der Waals surface area contributed by atoms with E-state index in [1.807, 2.05) is 18.2 Å². The molecule has 0 spiro atoms. The van der Waals surface area contributed by atoms with Crippen LogP contribution in [-0.2, 0) is 0 Å². The lowest BCUT2D eigenvalue weighted by Gasteiger charge is -2.17. The van der Waals surface area contributed by atoms with Crippen LogP contribution in [0.1, 0.15) is 0 Å². The molecule has 0 unspecified atom stereocenters. The summed E-state index contributed by atoms with van der Waals surface area (Å²) in [6.45, 7) is 2.78. The smallest absolute Gasteiger partial charge is 0.261 e. The van der Waals surface area contributed by atoms with E-state index in [9.17, 15) is 9.18 Å². The third-order valence-electron chi connectivity index (χ3n) is 5.40. The van der Waals surface area contributed by atoms with E-state index < -0.39 is 11.4 Å². The van der Waals surface area contributed by atoms with Crippen molar-refractivity contribution < 1.29 is 8.97 Å². The summed E-state index contributed by atoms with van der Waals surface area (Å²) in [7, 11) is 2.09. The fourth-order valence-electron chi connectivity index (χ4n) is 3.80. The summed E-state index contributed by atoms with van der Waals surface area (Å²) in [5, 5.41) is 0.190. The molecule has 0 saturated carbocycles. The average molecular weight is 391 g/mol. The van der Waals surface area contributed by atoms with Crippen LogP contribution < -0.4 is 11.3 Å². The molecule has 0 bridgehead atoms. The summed E-state index contributed by atoms with van der Waals surface area (Å²) >= 11 is 0. The van der Waals surface area contributed by atoms with Crippen molar-refractivity contribution in [2.75, 3.05) is 32.4 Å². The third kappa shape index (κ3) is 2.89. The van der Waals surface area contributed by atoms with Crippen LogP contribution in [0.2, 0.25) is 0 Å². The first-order chi connectivity index (χ1) is 14.0. The first-order valence-corrected chi connectivity index (χ1v) is 9.40. The van der Waals surface area contributed by atoms with Crippen LogP contribution in [0.3, 0.4) is 0 Å². The van der Waals surface area contributed by atoms with Gasteiger partial charge in [-0.3, -0.25) is 9.69 Å². The van der Waals surface area contributed by atoms with Crippen molar-refractivity contribution in [2.24, 2.45) is 0 Å². The first kappa shape index (κ1) is 17.6. The van der Waals surface area contributed by atoms with Crippen molar-refractivity contribution in [1.82, 2.24) is 19.9 Å². The Morgan fingerprint density at radius 3 is 2.86 bits per heavy atom. The maximum Gasteiger partial charge on any atom is 0.261 e. The van der Waals surface area contributed by atoms with Gasteiger partial charge in [-0.15, -0.1) is 0 Å². The molecule has 0 fully saturated rings. The van der Waals surface area contributed by atoms with Gasteiger partial charge in [-0.1, -0.05) is 6.07 Å². The largest absolute Gasteiger partial charge is 0.397 e. The van der Waals surface area contributed by atoms with E-state index in [-0.39, 0.29) is 16.6 Å². The summed E-state index contributed by atoms with van der Waals surface area (Å²) in [5.74, 6) is -0.162. The summed E-state index contributed by atoms with van der Waals surface area (Å²) < 4.78 is 16.5. The van der Waals surface area contributed by atoms with Crippen LogP contribution in [0, 0.1) is 5.82 Å². The van der Waals surface area contributed by atoms with E-state index in [0.717, 1.165) is 30.8 Å². The SMILES string of the molecule is CN1CC=[N+](c2ccc3nc(-c4c(N)c5c(F)cccc5[nH]c4=O)[nH]c3c2)CC1. The topological polar surface area (TPSA) is 93.8 Å². The first-order valence-electron chi connectivity index (χ1n) is 9.40. The summed E-state index contributed by atoms with van der Waals surface area (Å²) in [5.41, 5.74) is 8.92. The quantitative estimate of drug-likeness (QED) is 0.458. The standard InChI is InChI=1S/C21H19FN6O/c1-27-7-9-28(10-8-27)12-5-6-14-16(11-12)25-20(24-14)18-19(23)17-13(22)3-2-4-15(17)26-21(18)29/h2-6,9,11H,7-8,10H2,1H3,(H3-,23,24,25,26,29)/p+1. The monoisotopic (exact) mass is 391 g/mol. The number of rotatable bonds is 2. The molecule has 2 aromatic heterocycles. The minimum atomic E-state index is -0.485. The van der Waals surface area contributed by atoms with Crippen molar-refractivity contribution in [3.05, 3.63) is 52.6 Å². The second-order valence-electron chi connectivity index (χ2n) is 7.33. The van der Waals surface area contributed by atoms with Gasteiger partial charge in [0.25, 0.3) is 5.56 Å². The van der Waals surface area contributed by atoms with Gasteiger partial charge in [-0.25, -0.2) is 9.37 Å². The Morgan fingerprint density at radius 2 is 2.07 bits per heavy atom. The molecule has 2 aromatic carbocycles. The zero-order chi connectivity index (χ0) is 20.1. The molecule has 0 amide bonds. The number of nitrogen functional groups attached to an aromatic ring is 1. The molecule has 8 heteroatoms. The van der Waals surface area contributed by atoms with Gasteiger partial charge in [0.05, 0.1) is 40.7 Å². The Hall–Kier alpha value is -3.52. The number of halogens is 1. The van der Waals surface area contributed by atoms with Gasteiger partial charge < -0.3 is 15.7 Å². The van der Waals surface area contributed by atoms with Crippen LogP contribution in [0.15, 0.2) is 41.2 Å². The van der Waals surface area contributed by atoms with Crippen LogP contribution >= 0.6 is 0 Å².